The highest BCUT2D eigenvalue weighted by Crippen LogP contribution is 2.60. The fourth-order valence-corrected chi connectivity index (χ4v) is 10.5. The van der Waals surface area contributed by atoms with Crippen molar-refractivity contribution < 1.29 is 81.3 Å². The summed E-state index contributed by atoms with van der Waals surface area (Å²) in [7, 11) is -11.4. The minimum Gasteiger partial charge on any atom is -0.462 e. The van der Waals surface area contributed by atoms with Crippen molar-refractivity contribution in [2.24, 2.45) is 11.8 Å². The number of anilines is 1. The van der Waals surface area contributed by atoms with Crippen LogP contribution in [-0.4, -0.2) is 114 Å². The maximum Gasteiger partial charge on any atom is 0.481 e. The highest BCUT2D eigenvalue weighted by Gasteiger charge is 2.45. The van der Waals surface area contributed by atoms with Gasteiger partial charge in [-0.3, -0.25) is 28.0 Å². The van der Waals surface area contributed by atoms with E-state index in [1.165, 1.54) is 43.7 Å². The molecule has 2 saturated heterocycles. The summed E-state index contributed by atoms with van der Waals surface area (Å²) in [6.07, 6.45) is 24.0. The molecule has 0 aromatic carbocycles. The van der Waals surface area contributed by atoms with Crippen molar-refractivity contribution >= 4 is 39.2 Å². The van der Waals surface area contributed by atoms with Crippen molar-refractivity contribution in [2.45, 2.75) is 192 Å². The van der Waals surface area contributed by atoms with E-state index in [0.717, 1.165) is 43.1 Å². The van der Waals surface area contributed by atoms with E-state index in [2.05, 4.69) is 52.7 Å². The minimum atomic E-state index is -5.73. The number of nitrogens with two attached hydrogens (primary N) is 1. The zero-order valence-corrected chi connectivity index (χ0v) is 46.5. The molecule has 0 spiro atoms. The van der Waals surface area contributed by atoms with Gasteiger partial charge in [-0.25, -0.2) is 13.9 Å². The molecule has 21 nitrogen and oxygen atoms in total. The van der Waals surface area contributed by atoms with Crippen molar-refractivity contribution in [3.8, 4) is 0 Å². The molecule has 2 unspecified atom stereocenters. The van der Waals surface area contributed by atoms with Crippen LogP contribution >= 0.6 is 15.6 Å². The first-order chi connectivity index (χ1) is 36.9. The van der Waals surface area contributed by atoms with E-state index in [0.29, 0.717) is 44.9 Å². The van der Waals surface area contributed by atoms with Crippen molar-refractivity contribution in [2.75, 3.05) is 25.6 Å². The molecule has 1 aromatic rings. The van der Waals surface area contributed by atoms with Gasteiger partial charge in [0.1, 0.15) is 36.6 Å². The third kappa shape index (κ3) is 28.0. The number of nitrogen functional groups attached to an aromatic ring is 1. The summed E-state index contributed by atoms with van der Waals surface area (Å²) in [6, 6.07) is 1.24. The van der Waals surface area contributed by atoms with E-state index < -0.39 is 120 Å². The van der Waals surface area contributed by atoms with Gasteiger partial charge in [-0.05, 0) is 70.3 Å². The second-order valence-corrected chi connectivity index (χ2v) is 22.2. The standard InChI is InChI=1S/C54H85N3O18P2/c1-3-5-7-8-9-10-11-12-13-14-15-16-17-18-19-20-21-22-28-32-50(62)73-42-38-70-49(61)31-27-24-23-26-30-44-46(60)37-45(59)43(34-33-41(58)29-25-6-4-2)51(63)52(64)47(40-72-77(68,69)75-76(66,67)71-39-42)74-53(44)57-36-35-48(55)56-54(57)65/h9-10,12-13,15-16,18-19,21-22,33-36,41-44,46-47,51-53,58,60,63-64H,3-8,11,14,17,20,23-32,37-40H2,1-2H3,(H,66,67)(H,68,69)(H2,55,56,65)/b10-9-,13-12-,16-15-,19-18-,22-21-,34-33+/t41-,42+,43-,44-,46-,47+,51-,52+,53+/m0/s1. The topological polar surface area (TPSA) is 323 Å². The molecule has 0 saturated carbocycles. The smallest absolute Gasteiger partial charge is 0.462 e. The van der Waals surface area contributed by atoms with Crippen LogP contribution in [0.25, 0.3) is 0 Å². The van der Waals surface area contributed by atoms with Crippen LogP contribution in [-0.2, 0) is 51.1 Å². The first-order valence-corrected chi connectivity index (χ1v) is 30.0. The van der Waals surface area contributed by atoms with Gasteiger partial charge in [0.2, 0.25) is 0 Å². The van der Waals surface area contributed by atoms with Crippen LogP contribution in [0.1, 0.15) is 155 Å². The van der Waals surface area contributed by atoms with E-state index in [-0.39, 0.29) is 31.5 Å². The minimum absolute atomic E-state index is 0.0457. The predicted molar refractivity (Wildman–Crippen MR) is 289 cm³/mol. The van der Waals surface area contributed by atoms with Gasteiger partial charge >= 0.3 is 33.3 Å². The zero-order chi connectivity index (χ0) is 56.5. The Morgan fingerprint density at radius 1 is 0.805 bits per heavy atom. The number of allylic oxidation sites excluding steroid dienone is 10. The molecule has 3 heterocycles. The number of rotatable bonds is 23. The number of aliphatic hydroxyl groups is 4. The zero-order valence-electron chi connectivity index (χ0n) is 44.7. The molecular weight excluding hydrogens is 1040 g/mol. The molecule has 2 bridgehead atoms. The van der Waals surface area contributed by atoms with Crippen LogP contribution < -0.4 is 11.4 Å². The van der Waals surface area contributed by atoms with Gasteiger partial charge in [-0.1, -0.05) is 138 Å². The molecule has 0 radical (unpaired) electrons. The first-order valence-electron chi connectivity index (χ1n) is 27.1. The molecule has 0 aliphatic carbocycles. The lowest BCUT2D eigenvalue weighted by Gasteiger charge is -2.39. The van der Waals surface area contributed by atoms with E-state index in [1.54, 1.807) is 6.08 Å². The number of ketones is 1. The van der Waals surface area contributed by atoms with Crippen molar-refractivity contribution in [3.05, 3.63) is 95.7 Å². The summed E-state index contributed by atoms with van der Waals surface area (Å²) in [4.78, 5) is 78.3. The molecule has 434 valence electrons. The van der Waals surface area contributed by atoms with Crippen molar-refractivity contribution in [3.63, 3.8) is 0 Å². The molecular formula is C54H85N3O18P2. The Bertz CT molecular complexity index is 2250. The Kier molecular flexibility index (Phi) is 32.8. The van der Waals surface area contributed by atoms with Crippen LogP contribution in [0.5, 0.6) is 0 Å². The number of aliphatic hydroxyl groups excluding tert-OH is 4. The molecule has 2 aliphatic heterocycles. The number of hydrogen-bond donors (Lipinski definition) is 7. The predicted octanol–water partition coefficient (Wildman–Crippen LogP) is 8.26. The lowest BCUT2D eigenvalue weighted by molar-refractivity contribution is -0.188. The average molecular weight is 1130 g/mol. The van der Waals surface area contributed by atoms with Gasteiger partial charge in [0, 0.05) is 31.4 Å². The highest BCUT2D eigenvalue weighted by molar-refractivity contribution is 7.61. The number of unbranched alkanes of at least 4 members (excludes halogenated alkanes) is 5. The number of carbonyl (C=O) groups excluding carboxylic acids is 3. The molecule has 1 aromatic heterocycles. The number of cyclic esters (lactones) is 1. The normalized spacial score (nSPS) is 28.9. The second-order valence-electron chi connectivity index (χ2n) is 19.2. The number of esters is 2. The van der Waals surface area contributed by atoms with Gasteiger partial charge in [0.25, 0.3) is 0 Å². The lowest BCUT2D eigenvalue weighted by atomic mass is 9.83. The summed E-state index contributed by atoms with van der Waals surface area (Å²) in [5.41, 5.74) is 4.78. The monoisotopic (exact) mass is 1130 g/mol. The molecule has 11 atom stereocenters. The fourth-order valence-electron chi connectivity index (χ4n) is 8.38. The quantitative estimate of drug-likeness (QED) is 0.0235. The Morgan fingerprint density at radius 2 is 1.40 bits per heavy atom. The average Bonchev–Trinajstić information content (AvgIpc) is 3.37. The highest BCUT2D eigenvalue weighted by atomic mass is 31.3. The van der Waals surface area contributed by atoms with Gasteiger partial charge in [-0.15, -0.1) is 0 Å². The molecule has 2 fully saturated rings. The van der Waals surface area contributed by atoms with Crippen molar-refractivity contribution in [1.29, 1.82) is 0 Å². The Hall–Kier alpha value is -4.21. The van der Waals surface area contributed by atoms with E-state index in [1.807, 2.05) is 25.2 Å². The van der Waals surface area contributed by atoms with Crippen LogP contribution in [0.2, 0.25) is 0 Å². The first kappa shape index (κ1) is 67.1. The second kappa shape index (κ2) is 37.6. The van der Waals surface area contributed by atoms with Crippen LogP contribution in [0.15, 0.2) is 90.0 Å². The summed E-state index contributed by atoms with van der Waals surface area (Å²) in [6.45, 7) is 1.38. The van der Waals surface area contributed by atoms with E-state index in [9.17, 15) is 58.5 Å². The molecule has 3 rings (SSSR count). The molecule has 2 aliphatic rings. The Balaban J connectivity index is 1.76. The molecule has 77 heavy (non-hydrogen) atoms. The third-order valence-corrected chi connectivity index (χ3v) is 15.3. The Labute approximate surface area is 453 Å². The maximum atomic E-state index is 14.0. The van der Waals surface area contributed by atoms with Crippen LogP contribution in [0, 0.1) is 11.8 Å². The number of Topliss-reactive ketones (excluding diaryl/α,β-unsaturated/α-hetero) is 1. The maximum absolute atomic E-state index is 14.0. The van der Waals surface area contributed by atoms with Crippen LogP contribution in [0.3, 0.4) is 0 Å². The number of fused-ring (bicyclic) bond motifs is 3. The van der Waals surface area contributed by atoms with Gasteiger partial charge in [0.05, 0.1) is 37.4 Å². The summed E-state index contributed by atoms with van der Waals surface area (Å²) in [5, 5.41) is 45.8. The van der Waals surface area contributed by atoms with Crippen molar-refractivity contribution in [1.82, 2.24) is 9.55 Å². The number of carbonyl (C=O) groups is 3. The number of phosphoric acid groups is 2. The molecule has 23 heteroatoms. The van der Waals surface area contributed by atoms with Gasteiger partial charge in [-0.2, -0.15) is 9.29 Å². The summed E-state index contributed by atoms with van der Waals surface area (Å²) >= 11 is 0. The fraction of sp³-hybridized carbons (Fsp3) is 0.648. The SMILES string of the molecule is CCCCC/C=C\C/C=C\C/C=C\C/C=C\C/C=C\CCC(=O)O[C@@H]1COC(=O)CCCCCC[C@@H]2[C@H](n3ccc(N)nc3=O)O[C@H](COP(=O)(O)OP(=O)(O)OC1)[C@@H](O)[C@@H](O)[C@@H](/C=C/[C@@H](O)CCCCC)C(=O)C[C@@H]2O. The number of hydrogen-bond acceptors (Lipinski definition) is 18. The van der Waals surface area contributed by atoms with Gasteiger partial charge in [0.15, 0.2) is 6.10 Å². The van der Waals surface area contributed by atoms with Crippen LogP contribution in [0.4, 0.5) is 5.82 Å². The number of nitrogens with zero attached hydrogens (tertiary/aromatic N) is 2. The molecule has 0 amide bonds. The van der Waals surface area contributed by atoms with E-state index >= 15 is 0 Å². The van der Waals surface area contributed by atoms with E-state index in [4.69, 9.17) is 29.0 Å². The Morgan fingerprint density at radius 3 is 2.04 bits per heavy atom. The molecule has 8 N–H and O–H groups in total. The summed E-state index contributed by atoms with van der Waals surface area (Å²) in [5.74, 6) is -5.18. The lowest BCUT2D eigenvalue weighted by Crippen LogP contribution is -2.51. The summed E-state index contributed by atoms with van der Waals surface area (Å²) < 4.78 is 59.0. The number of phosphoric ester groups is 2. The van der Waals surface area contributed by atoms with Gasteiger partial charge < -0.3 is 50.2 Å². The number of ether oxygens (including phenoxy) is 3. The third-order valence-electron chi connectivity index (χ3n) is 12.7. The largest absolute Gasteiger partial charge is 0.481 e. The number of aromatic nitrogens is 2.